The van der Waals surface area contributed by atoms with Crippen molar-refractivity contribution in [2.24, 2.45) is 5.92 Å². The van der Waals surface area contributed by atoms with Gasteiger partial charge in [-0.2, -0.15) is 5.26 Å². The van der Waals surface area contributed by atoms with Gasteiger partial charge in [-0.05, 0) is 28.8 Å². The molecular weight excluding hydrogens is 220 g/mol. The van der Waals surface area contributed by atoms with E-state index in [-0.39, 0.29) is 11.7 Å². The van der Waals surface area contributed by atoms with E-state index in [0.717, 1.165) is 25.1 Å². The number of pyridine rings is 1. The summed E-state index contributed by atoms with van der Waals surface area (Å²) in [5.74, 6) is -0.110. The van der Waals surface area contributed by atoms with Crippen LogP contribution in [-0.2, 0) is 0 Å². The van der Waals surface area contributed by atoms with Crippen molar-refractivity contribution in [2.45, 2.75) is 12.8 Å². The van der Waals surface area contributed by atoms with Crippen LogP contribution in [0.2, 0.25) is 0 Å². The fourth-order valence-electron chi connectivity index (χ4n) is 1.99. The molecule has 6 heteroatoms. The van der Waals surface area contributed by atoms with Crippen LogP contribution in [0.1, 0.15) is 12.8 Å². The Labute approximate surface area is 98.6 Å². The molecule has 2 heterocycles. The van der Waals surface area contributed by atoms with E-state index in [2.05, 4.69) is 11.1 Å². The van der Waals surface area contributed by atoms with Crippen molar-refractivity contribution >= 4 is 11.5 Å². The van der Waals surface area contributed by atoms with Crippen molar-refractivity contribution in [3.63, 3.8) is 0 Å². The van der Waals surface area contributed by atoms with Gasteiger partial charge in [0.25, 0.3) is 0 Å². The first-order valence-corrected chi connectivity index (χ1v) is 5.45. The third-order valence-electron chi connectivity index (χ3n) is 2.89. The molecule has 0 aliphatic carbocycles. The second-order valence-corrected chi connectivity index (χ2v) is 4.05. The minimum absolute atomic E-state index is 0.0407. The van der Waals surface area contributed by atoms with E-state index in [0.29, 0.717) is 6.54 Å². The molecule has 1 aliphatic heterocycles. The molecule has 1 aliphatic rings. The van der Waals surface area contributed by atoms with Crippen molar-refractivity contribution < 1.29 is 4.92 Å². The minimum atomic E-state index is -0.516. The maximum absolute atomic E-state index is 10.5. The molecule has 0 bridgehead atoms. The van der Waals surface area contributed by atoms with Crippen molar-refractivity contribution in [1.82, 2.24) is 4.98 Å². The molecule has 0 N–H and O–H groups in total. The maximum atomic E-state index is 10.5. The lowest BCUT2D eigenvalue weighted by Gasteiger charge is -2.30. The quantitative estimate of drug-likeness (QED) is 0.572. The summed E-state index contributed by atoms with van der Waals surface area (Å²) in [7, 11) is 0. The summed E-state index contributed by atoms with van der Waals surface area (Å²) in [6, 6.07) is 5.34. The largest absolute Gasteiger partial charge is 0.367 e. The number of anilines is 1. The Morgan fingerprint density at radius 1 is 1.59 bits per heavy atom. The third-order valence-corrected chi connectivity index (χ3v) is 2.89. The van der Waals surface area contributed by atoms with Gasteiger partial charge in [-0.15, -0.1) is 0 Å². The van der Waals surface area contributed by atoms with Crippen LogP contribution in [-0.4, -0.2) is 23.0 Å². The minimum Gasteiger partial charge on any atom is -0.367 e. The molecule has 88 valence electrons. The molecule has 1 aromatic rings. The highest BCUT2D eigenvalue weighted by molar-refractivity contribution is 5.47. The Morgan fingerprint density at radius 3 is 3.00 bits per heavy atom. The smallest absolute Gasteiger partial charge is 0.363 e. The van der Waals surface area contributed by atoms with Gasteiger partial charge in [-0.25, -0.2) is 0 Å². The zero-order chi connectivity index (χ0) is 12.3. The molecule has 6 nitrogen and oxygen atoms in total. The molecule has 2 rings (SSSR count). The van der Waals surface area contributed by atoms with Gasteiger partial charge in [0.05, 0.1) is 17.7 Å². The highest BCUT2D eigenvalue weighted by atomic mass is 16.6. The van der Waals surface area contributed by atoms with Crippen molar-refractivity contribution in [1.29, 1.82) is 5.26 Å². The van der Waals surface area contributed by atoms with Gasteiger partial charge in [0.15, 0.2) is 6.20 Å². The molecule has 17 heavy (non-hydrogen) atoms. The summed E-state index contributed by atoms with van der Waals surface area (Å²) in [5, 5.41) is 19.4. The van der Waals surface area contributed by atoms with Gasteiger partial charge in [0, 0.05) is 19.2 Å². The molecule has 1 saturated heterocycles. The topological polar surface area (TPSA) is 83.1 Å². The Balaban J connectivity index is 2.12. The molecule has 0 aromatic carbocycles. The first kappa shape index (κ1) is 11.3. The molecule has 0 amide bonds. The van der Waals surface area contributed by atoms with E-state index >= 15 is 0 Å². The summed E-state index contributed by atoms with van der Waals surface area (Å²) in [6.45, 7) is 1.55. The fourth-order valence-corrected chi connectivity index (χ4v) is 1.99. The van der Waals surface area contributed by atoms with Gasteiger partial charge in [0.1, 0.15) is 0 Å². The summed E-state index contributed by atoms with van der Waals surface area (Å²) in [4.78, 5) is 15.8. The lowest BCUT2D eigenvalue weighted by Crippen LogP contribution is -2.34. The van der Waals surface area contributed by atoms with E-state index < -0.39 is 4.92 Å². The number of piperidine rings is 1. The lowest BCUT2D eigenvalue weighted by molar-refractivity contribution is -0.389. The Kier molecular flexibility index (Phi) is 3.19. The summed E-state index contributed by atoms with van der Waals surface area (Å²) in [6.07, 6.45) is 3.39. The lowest BCUT2D eigenvalue weighted by atomic mass is 9.99. The van der Waals surface area contributed by atoms with Gasteiger partial charge in [-0.3, -0.25) is 0 Å². The first-order chi connectivity index (χ1) is 8.20. The van der Waals surface area contributed by atoms with Crippen molar-refractivity contribution in [3.8, 4) is 6.07 Å². The number of nitro groups is 1. The molecule has 0 saturated carbocycles. The standard InChI is InChI=1S/C11H12N4O2/c12-6-9-2-1-5-14(8-9)10-3-4-11(13-7-10)15(16)17/h3-4,7,9H,1-2,5,8H2. The van der Waals surface area contributed by atoms with Crippen LogP contribution in [0.3, 0.4) is 0 Å². The van der Waals surface area contributed by atoms with E-state index in [9.17, 15) is 10.1 Å². The maximum Gasteiger partial charge on any atom is 0.363 e. The Morgan fingerprint density at radius 2 is 2.41 bits per heavy atom. The van der Waals surface area contributed by atoms with Crippen molar-refractivity contribution in [3.05, 3.63) is 28.4 Å². The predicted octanol–water partition coefficient (Wildman–Crippen LogP) is 1.73. The molecular formula is C11H12N4O2. The fraction of sp³-hybridized carbons (Fsp3) is 0.455. The van der Waals surface area contributed by atoms with Crippen LogP contribution >= 0.6 is 0 Å². The summed E-state index contributed by atoms with van der Waals surface area (Å²) >= 11 is 0. The SMILES string of the molecule is N#CC1CCCN(c2ccc([N+](=O)[O-])nc2)C1. The zero-order valence-corrected chi connectivity index (χ0v) is 9.24. The van der Waals surface area contributed by atoms with Gasteiger partial charge >= 0.3 is 5.82 Å². The van der Waals surface area contributed by atoms with Crippen LogP contribution in [0.4, 0.5) is 11.5 Å². The average molecular weight is 232 g/mol. The first-order valence-electron chi connectivity index (χ1n) is 5.45. The van der Waals surface area contributed by atoms with Crippen LogP contribution in [0, 0.1) is 27.4 Å². The highest BCUT2D eigenvalue weighted by Gasteiger charge is 2.21. The van der Waals surface area contributed by atoms with Crippen molar-refractivity contribution in [2.75, 3.05) is 18.0 Å². The highest BCUT2D eigenvalue weighted by Crippen LogP contribution is 2.23. The van der Waals surface area contributed by atoms with Gasteiger partial charge in [-0.1, -0.05) is 0 Å². The van der Waals surface area contributed by atoms with Crippen LogP contribution in [0.5, 0.6) is 0 Å². The Hall–Kier alpha value is -2.16. The van der Waals surface area contributed by atoms with Crippen LogP contribution in [0.15, 0.2) is 18.3 Å². The van der Waals surface area contributed by atoms with Gasteiger partial charge < -0.3 is 15.0 Å². The summed E-state index contributed by atoms with van der Waals surface area (Å²) < 4.78 is 0. The number of hydrogen-bond donors (Lipinski definition) is 0. The van der Waals surface area contributed by atoms with Gasteiger partial charge in [0.2, 0.25) is 0 Å². The molecule has 1 aromatic heterocycles. The Bertz CT molecular complexity index is 452. The zero-order valence-electron chi connectivity index (χ0n) is 9.24. The van der Waals surface area contributed by atoms with Crippen LogP contribution in [0.25, 0.3) is 0 Å². The van der Waals surface area contributed by atoms with E-state index in [4.69, 9.17) is 5.26 Å². The molecule has 1 fully saturated rings. The molecule has 1 atom stereocenters. The number of nitriles is 1. The third kappa shape index (κ3) is 2.50. The molecule has 0 spiro atoms. The number of hydrogen-bond acceptors (Lipinski definition) is 5. The molecule has 0 radical (unpaired) electrons. The van der Waals surface area contributed by atoms with Crippen LogP contribution < -0.4 is 4.90 Å². The molecule has 1 unspecified atom stereocenters. The number of rotatable bonds is 2. The second-order valence-electron chi connectivity index (χ2n) is 4.05. The average Bonchev–Trinajstić information content (AvgIpc) is 2.39. The number of aromatic nitrogens is 1. The predicted molar refractivity (Wildman–Crippen MR) is 61.4 cm³/mol. The normalized spacial score (nSPS) is 19.7. The monoisotopic (exact) mass is 232 g/mol. The van der Waals surface area contributed by atoms with E-state index in [1.807, 2.05) is 4.90 Å². The van der Waals surface area contributed by atoms with E-state index in [1.165, 1.54) is 12.3 Å². The summed E-state index contributed by atoms with van der Waals surface area (Å²) in [5.41, 5.74) is 0.843. The van der Waals surface area contributed by atoms with E-state index in [1.54, 1.807) is 6.07 Å². The number of nitrogens with zero attached hydrogens (tertiary/aromatic N) is 4. The second kappa shape index (κ2) is 4.78.